The van der Waals surface area contributed by atoms with E-state index in [1.54, 1.807) is 19.9 Å². The third kappa shape index (κ3) is 25.9. The molecule has 0 spiro atoms. The minimum Gasteiger partial charge on any atom is -0.338 e. The van der Waals surface area contributed by atoms with E-state index in [-0.39, 0.29) is 57.3 Å². The van der Waals surface area contributed by atoms with Crippen molar-refractivity contribution in [3.8, 4) is 0 Å². The molecule has 3 aromatic heterocycles. The second-order valence-electron chi connectivity index (χ2n) is 17.9. The van der Waals surface area contributed by atoms with E-state index in [4.69, 9.17) is 0 Å². The van der Waals surface area contributed by atoms with Crippen LogP contribution in [0, 0.1) is 24.7 Å². The number of nitrogens with one attached hydrogen (secondary N) is 9. The zero-order valence-corrected chi connectivity index (χ0v) is 40.6. The molecule has 0 aromatic carbocycles. The van der Waals surface area contributed by atoms with Gasteiger partial charge in [-0.25, -0.2) is 58.7 Å². The lowest BCUT2D eigenvalue weighted by molar-refractivity contribution is 0.0855. The smallest absolute Gasteiger partial charge is 0.321 e. The highest BCUT2D eigenvalue weighted by molar-refractivity contribution is 5.88. The van der Waals surface area contributed by atoms with Crippen LogP contribution in [0.15, 0.2) is 47.6 Å². The Morgan fingerprint density at radius 1 is 0.638 bits per heavy atom. The van der Waals surface area contributed by atoms with Gasteiger partial charge in [-0.05, 0) is 75.5 Å². The Labute approximate surface area is 399 Å². The maximum atomic E-state index is 12.1. The average molecular weight is 962 g/mol. The number of aromatic nitrogens is 6. The van der Waals surface area contributed by atoms with E-state index < -0.39 is 18.1 Å². The number of aryl methyl sites for hydroxylation is 2. The number of urea groups is 3. The van der Waals surface area contributed by atoms with E-state index >= 15 is 0 Å². The second-order valence-corrected chi connectivity index (χ2v) is 17.9. The fourth-order valence-corrected chi connectivity index (χ4v) is 7.57. The number of hydrogen-bond acceptors (Lipinski definition) is 15. The lowest BCUT2D eigenvalue weighted by Gasteiger charge is -2.45. The van der Waals surface area contributed by atoms with Gasteiger partial charge in [0, 0.05) is 49.2 Å². The molecule has 3 aromatic rings. The molecule has 4 rings (SSSR count). The van der Waals surface area contributed by atoms with Crippen molar-refractivity contribution >= 4 is 54.2 Å². The lowest BCUT2D eigenvalue weighted by atomic mass is 9.63. The number of unbranched alkanes of at least 4 members (excludes halogenated alkanes) is 6. The minimum absolute atomic E-state index is 0.0273. The van der Waals surface area contributed by atoms with E-state index in [0.717, 1.165) is 64.2 Å². The Morgan fingerprint density at radius 3 is 1.51 bits per heavy atom. The first-order valence-corrected chi connectivity index (χ1v) is 22.8. The Kier molecular flexibility index (Phi) is 25.8. The van der Waals surface area contributed by atoms with Gasteiger partial charge in [0.25, 0.3) is 16.7 Å². The fourth-order valence-electron chi connectivity index (χ4n) is 7.57. The first-order chi connectivity index (χ1) is 32.7. The summed E-state index contributed by atoms with van der Waals surface area (Å²) in [6.07, 6.45) is 14.2. The Hall–Kier alpha value is -7.41. The Bertz CT molecular complexity index is 2450. The first-order valence-electron chi connectivity index (χ1n) is 22.8. The number of anilines is 3. The number of aromatic amines is 3. The second kappa shape index (κ2) is 30.8. The predicted molar refractivity (Wildman–Crippen MR) is 260 cm³/mol. The molecule has 24 nitrogen and oxygen atoms in total. The van der Waals surface area contributed by atoms with Crippen LogP contribution in [-0.4, -0.2) is 105 Å². The molecule has 9 N–H and O–H groups in total. The van der Waals surface area contributed by atoms with Crippen molar-refractivity contribution in [2.24, 2.45) is 25.8 Å². The highest BCUT2D eigenvalue weighted by Crippen LogP contribution is 2.46. The summed E-state index contributed by atoms with van der Waals surface area (Å²) in [4.78, 5) is 130. The third-order valence-corrected chi connectivity index (χ3v) is 10.2. The molecule has 1 saturated carbocycles. The number of isocyanates is 3. The summed E-state index contributed by atoms with van der Waals surface area (Å²) in [5, 5.41) is 15.7. The van der Waals surface area contributed by atoms with Crippen molar-refractivity contribution < 1.29 is 28.8 Å². The molecule has 6 amide bonds. The van der Waals surface area contributed by atoms with Crippen molar-refractivity contribution in [2.75, 3.05) is 48.7 Å². The van der Waals surface area contributed by atoms with Crippen LogP contribution in [0.25, 0.3) is 0 Å². The van der Waals surface area contributed by atoms with Crippen molar-refractivity contribution in [1.82, 2.24) is 45.9 Å². The van der Waals surface area contributed by atoms with Gasteiger partial charge in [0.15, 0.2) is 0 Å². The average Bonchev–Trinajstić information content (AvgIpc) is 3.24. The monoisotopic (exact) mass is 962 g/mol. The van der Waals surface area contributed by atoms with Crippen LogP contribution in [0.4, 0.5) is 32.2 Å². The van der Waals surface area contributed by atoms with Gasteiger partial charge in [-0.2, -0.15) is 0 Å². The molecule has 0 radical (unpaired) electrons. The fraction of sp³-hybridized carbons (Fsp3) is 0.600. The maximum absolute atomic E-state index is 12.1. The number of carbonyl (C=O) groups is 3. The standard InChI is InChI=1S/C17H25N5O3.C15H23N5O3.C13H19N5O3/c1-11-5-13(24)21-14(20-11)22-15(25)18-9-17(4)7-12(19-10-23)6-16(2,3)8-17;1-11(2)12-9-13(22)19-14(18-12)20-15(23)17-8-6-4-3-5-7-16-10-21;1-10-8-11(20)17-12(16-10)18-13(21)15-7-5-3-2-4-6-14-9-19/h5,12H,6-9H2,1-4H3,(H3,18,20,21,22,24,25);9,11H,3-8H2,1-2H3,(H3,17,18,19,20,22,23);8H,2-7H2,1H3,(H3,15,16,17,18,20,21). The molecule has 1 aliphatic rings. The summed E-state index contributed by atoms with van der Waals surface area (Å²) >= 11 is 0. The van der Waals surface area contributed by atoms with Crippen molar-refractivity contribution in [3.05, 3.63) is 66.3 Å². The molecular formula is C45H67N15O9. The minimum atomic E-state index is -0.436. The molecule has 2 unspecified atom stereocenters. The van der Waals surface area contributed by atoms with Crippen LogP contribution in [0.5, 0.6) is 0 Å². The molecule has 1 aliphatic carbocycles. The molecule has 0 saturated heterocycles. The van der Waals surface area contributed by atoms with Crippen LogP contribution in [0.3, 0.4) is 0 Å². The highest BCUT2D eigenvalue weighted by atomic mass is 16.2. The van der Waals surface area contributed by atoms with E-state index in [1.165, 1.54) is 30.4 Å². The molecule has 69 heavy (non-hydrogen) atoms. The van der Waals surface area contributed by atoms with Gasteiger partial charge in [-0.3, -0.25) is 45.3 Å². The van der Waals surface area contributed by atoms with Crippen LogP contribution < -0.4 is 48.6 Å². The van der Waals surface area contributed by atoms with Gasteiger partial charge in [0.2, 0.25) is 36.1 Å². The molecule has 1 fully saturated rings. The molecule has 376 valence electrons. The summed E-state index contributed by atoms with van der Waals surface area (Å²) in [5.74, 6) is 0.485. The number of H-pyrrole nitrogens is 3. The third-order valence-electron chi connectivity index (χ3n) is 10.2. The number of nitrogens with zero attached hydrogens (tertiary/aromatic N) is 6. The summed E-state index contributed by atoms with van der Waals surface area (Å²) in [5.41, 5.74) is 0.603. The summed E-state index contributed by atoms with van der Waals surface area (Å²) in [6.45, 7) is 16.0. The largest absolute Gasteiger partial charge is 0.338 e. The number of hydrogen-bond donors (Lipinski definition) is 9. The molecular weight excluding hydrogens is 895 g/mol. The highest BCUT2D eigenvalue weighted by Gasteiger charge is 2.41. The number of amides is 6. The molecule has 24 heteroatoms. The molecule has 0 aliphatic heterocycles. The van der Waals surface area contributed by atoms with Gasteiger partial charge < -0.3 is 16.0 Å². The van der Waals surface area contributed by atoms with E-state index in [1.807, 2.05) is 13.8 Å². The maximum Gasteiger partial charge on any atom is 0.321 e. The van der Waals surface area contributed by atoms with Gasteiger partial charge in [0.1, 0.15) is 0 Å². The SMILES string of the molecule is CC(C)c1cc(=O)[nH]c(NC(=O)NCCCCCCN=C=O)n1.Cc1cc(=O)[nH]c(NC(=O)NCC2(C)CC(N=C=O)CC(C)(C)C2)n1.Cc1cc(=O)[nH]c(NC(=O)NCCCCCCN=C=O)n1. The van der Waals surface area contributed by atoms with Gasteiger partial charge in [-0.15, -0.1) is 0 Å². The number of aliphatic imine (C=N–C) groups is 3. The van der Waals surface area contributed by atoms with Crippen LogP contribution in [0.1, 0.15) is 128 Å². The van der Waals surface area contributed by atoms with Crippen molar-refractivity contribution in [2.45, 2.75) is 131 Å². The summed E-state index contributed by atoms with van der Waals surface area (Å²) < 4.78 is 0. The number of rotatable bonds is 21. The van der Waals surface area contributed by atoms with E-state index in [9.17, 15) is 43.2 Å². The zero-order valence-electron chi connectivity index (χ0n) is 40.6. The predicted octanol–water partition coefficient (Wildman–Crippen LogP) is 5.13. The van der Waals surface area contributed by atoms with Gasteiger partial charge >= 0.3 is 18.1 Å². The molecule has 0 bridgehead atoms. The molecule has 3 heterocycles. The Morgan fingerprint density at radius 2 is 1.07 bits per heavy atom. The van der Waals surface area contributed by atoms with Gasteiger partial charge in [0.05, 0.1) is 24.8 Å². The van der Waals surface area contributed by atoms with E-state index in [2.05, 4.69) is 97.6 Å². The topological polar surface area (TPSA) is 349 Å². The van der Waals surface area contributed by atoms with E-state index in [0.29, 0.717) is 56.2 Å². The van der Waals surface area contributed by atoms with Crippen LogP contribution in [0.2, 0.25) is 0 Å². The van der Waals surface area contributed by atoms with Crippen LogP contribution >= 0.6 is 0 Å². The van der Waals surface area contributed by atoms with Gasteiger partial charge in [-0.1, -0.05) is 60.3 Å². The summed E-state index contributed by atoms with van der Waals surface area (Å²) in [7, 11) is 0. The van der Waals surface area contributed by atoms with Crippen molar-refractivity contribution in [3.63, 3.8) is 0 Å². The normalized spacial score (nSPS) is 15.4. The molecule has 2 atom stereocenters. The zero-order chi connectivity index (χ0) is 51.2. The number of carbonyl (C=O) groups excluding carboxylic acids is 6. The first kappa shape index (κ1) is 57.7. The summed E-state index contributed by atoms with van der Waals surface area (Å²) in [6, 6.07) is 2.79. The van der Waals surface area contributed by atoms with Crippen LogP contribution in [-0.2, 0) is 14.4 Å². The van der Waals surface area contributed by atoms with Crippen molar-refractivity contribution in [1.29, 1.82) is 0 Å². The Balaban J connectivity index is 0.000000357. The lowest BCUT2D eigenvalue weighted by Crippen LogP contribution is -2.45. The quantitative estimate of drug-likeness (QED) is 0.0381.